The van der Waals surface area contributed by atoms with E-state index in [1.54, 1.807) is 7.11 Å². The van der Waals surface area contributed by atoms with Gasteiger partial charge in [-0.2, -0.15) is 0 Å². The van der Waals surface area contributed by atoms with E-state index in [-0.39, 0.29) is 0 Å². The van der Waals surface area contributed by atoms with Crippen LogP contribution in [0.25, 0.3) is 0 Å². The van der Waals surface area contributed by atoms with Gasteiger partial charge in [-0.15, -0.1) is 0 Å². The SMILES string of the molecule is COCCOC/[Si](=C\O[Si](C)(C)C)O[Si](C)(C)C. The van der Waals surface area contributed by atoms with Gasteiger partial charge in [-0.25, -0.2) is 0 Å². The Bertz CT molecular complexity index is 256. The maximum atomic E-state index is 6.13. The van der Waals surface area contributed by atoms with Crippen LogP contribution in [0.2, 0.25) is 39.3 Å². The Morgan fingerprint density at radius 2 is 1.56 bits per heavy atom. The maximum absolute atomic E-state index is 6.13. The minimum absolute atomic E-state index is 0.612. The molecule has 0 aromatic heterocycles. The Morgan fingerprint density at radius 3 is 2.00 bits per heavy atom. The molecule has 0 rings (SSSR count). The lowest BCUT2D eigenvalue weighted by Gasteiger charge is -2.23. The molecule has 0 aliphatic carbocycles. The first kappa shape index (κ1) is 18.0. The molecule has 18 heavy (non-hydrogen) atoms. The van der Waals surface area contributed by atoms with E-state index >= 15 is 0 Å². The van der Waals surface area contributed by atoms with Crippen molar-refractivity contribution in [2.45, 2.75) is 39.3 Å². The molecule has 0 N–H and O–H groups in total. The molecule has 0 amide bonds. The molecule has 0 fully saturated rings. The van der Waals surface area contributed by atoms with Crippen molar-refractivity contribution < 1.29 is 18.0 Å². The number of hydrogen-bond donors (Lipinski definition) is 0. The molecule has 0 spiro atoms. The van der Waals surface area contributed by atoms with Crippen LogP contribution in [0.5, 0.6) is 0 Å². The fourth-order valence-electron chi connectivity index (χ4n) is 1.04. The van der Waals surface area contributed by atoms with Gasteiger partial charge in [-0.1, -0.05) is 0 Å². The van der Waals surface area contributed by atoms with E-state index in [1.807, 2.05) is 5.86 Å². The summed E-state index contributed by atoms with van der Waals surface area (Å²) in [7, 11) is -2.54. The second-order valence-corrected chi connectivity index (χ2v) is 17.0. The van der Waals surface area contributed by atoms with Crippen LogP contribution in [0.4, 0.5) is 0 Å². The monoisotopic (exact) mass is 308 g/mol. The topological polar surface area (TPSA) is 36.9 Å². The Hall–Kier alpha value is 0.0406. The van der Waals surface area contributed by atoms with Crippen molar-refractivity contribution in [1.29, 1.82) is 0 Å². The third-order valence-electron chi connectivity index (χ3n) is 1.66. The van der Waals surface area contributed by atoms with Gasteiger partial charge in [-0.05, 0) is 39.3 Å². The predicted molar refractivity (Wildman–Crippen MR) is 83.4 cm³/mol. The van der Waals surface area contributed by atoms with Gasteiger partial charge in [0, 0.05) is 7.11 Å². The van der Waals surface area contributed by atoms with Gasteiger partial charge in [0.25, 0.3) is 8.65 Å². The molecule has 0 aromatic carbocycles. The number of ether oxygens (including phenoxy) is 2. The molecule has 0 aromatic rings. The van der Waals surface area contributed by atoms with E-state index < -0.39 is 25.3 Å². The lowest BCUT2D eigenvalue weighted by atomic mass is 10.8. The molecule has 0 saturated heterocycles. The Balaban J connectivity index is 4.34. The molecule has 7 heteroatoms. The van der Waals surface area contributed by atoms with Crippen LogP contribution in [0.1, 0.15) is 0 Å². The fourth-order valence-corrected chi connectivity index (χ4v) is 6.97. The molecule has 4 nitrogen and oxygen atoms in total. The van der Waals surface area contributed by atoms with Crippen molar-refractivity contribution in [2.75, 3.05) is 26.6 Å². The van der Waals surface area contributed by atoms with Crippen LogP contribution in [0.3, 0.4) is 0 Å². The number of hydrogen-bond acceptors (Lipinski definition) is 4. The average Bonchev–Trinajstić information content (AvgIpc) is 2.17. The highest BCUT2D eigenvalue weighted by molar-refractivity contribution is 6.80. The van der Waals surface area contributed by atoms with Crippen molar-refractivity contribution in [1.82, 2.24) is 0 Å². The Morgan fingerprint density at radius 1 is 0.944 bits per heavy atom. The first-order chi connectivity index (χ1) is 8.14. The van der Waals surface area contributed by atoms with Gasteiger partial charge in [-0.3, -0.25) is 0 Å². The van der Waals surface area contributed by atoms with Crippen LogP contribution in [0, 0.1) is 0 Å². The predicted octanol–water partition coefficient (Wildman–Crippen LogP) is 2.22. The minimum atomic E-state index is -1.55. The second-order valence-electron chi connectivity index (χ2n) is 6.07. The third-order valence-corrected chi connectivity index (χ3v) is 7.09. The highest BCUT2D eigenvalue weighted by Gasteiger charge is 2.20. The molecule has 0 unspecified atom stereocenters. The smallest absolute Gasteiger partial charge is 0.280 e. The maximum Gasteiger partial charge on any atom is 0.280 e. The summed E-state index contributed by atoms with van der Waals surface area (Å²) >= 11 is 0. The summed E-state index contributed by atoms with van der Waals surface area (Å²) in [6.07, 6.45) is 0.628. The van der Waals surface area contributed by atoms with Crippen LogP contribution < -0.4 is 0 Å². The molecule has 0 radical (unpaired) electrons. The van der Waals surface area contributed by atoms with E-state index in [4.69, 9.17) is 18.0 Å². The summed E-state index contributed by atoms with van der Waals surface area (Å²) < 4.78 is 22.5. The molecular formula is C11H28O4Si3. The molecule has 0 heterocycles. The minimum Gasteiger partial charge on any atom is -0.602 e. The summed E-state index contributed by atoms with van der Waals surface area (Å²) in [5.41, 5.74) is 0. The van der Waals surface area contributed by atoms with E-state index in [0.717, 1.165) is 0 Å². The second kappa shape index (κ2) is 8.26. The zero-order valence-corrected chi connectivity index (χ0v) is 15.8. The summed E-state index contributed by atoms with van der Waals surface area (Å²) in [5.74, 6) is 1.92. The lowest BCUT2D eigenvalue weighted by molar-refractivity contribution is 0.0898. The molecule has 0 aliphatic rings. The largest absolute Gasteiger partial charge is 0.602 e. The van der Waals surface area contributed by atoms with Crippen LogP contribution in [-0.4, -0.2) is 57.7 Å². The summed E-state index contributed by atoms with van der Waals surface area (Å²) in [5, 5.41) is 0. The van der Waals surface area contributed by atoms with Gasteiger partial charge in [0.1, 0.15) is 0 Å². The first-order valence-corrected chi connectivity index (χ1v) is 14.8. The van der Waals surface area contributed by atoms with Gasteiger partial charge in [0.05, 0.1) is 25.3 Å². The molecule has 0 saturated carbocycles. The standard InChI is InChI=1S/C11H28O4Si3/c1-12-8-9-13-10-16(15-18(5,6)7)11-14-17(2,3)4/h11H,8-10H2,1-7H3/b16-11+. The summed E-state index contributed by atoms with van der Waals surface area (Å²) in [4.78, 5) is 0. The molecule has 0 aliphatic heterocycles. The highest BCUT2D eigenvalue weighted by Crippen LogP contribution is 2.04. The van der Waals surface area contributed by atoms with Crippen molar-refractivity contribution in [3.63, 3.8) is 0 Å². The van der Waals surface area contributed by atoms with Gasteiger partial charge in [0.2, 0.25) is 16.6 Å². The molecule has 108 valence electrons. The van der Waals surface area contributed by atoms with Crippen molar-refractivity contribution in [3.05, 3.63) is 0 Å². The van der Waals surface area contributed by atoms with E-state index in [0.29, 0.717) is 19.4 Å². The van der Waals surface area contributed by atoms with Gasteiger partial charge < -0.3 is 18.0 Å². The normalized spacial score (nSPS) is 13.6. The van der Waals surface area contributed by atoms with Crippen molar-refractivity contribution in [2.24, 2.45) is 0 Å². The Labute approximate surface area is 115 Å². The summed E-state index contributed by atoms with van der Waals surface area (Å²) in [6.45, 7) is 14.3. The number of methoxy groups -OCH3 is 1. The van der Waals surface area contributed by atoms with E-state index in [9.17, 15) is 0 Å². The zero-order valence-electron chi connectivity index (χ0n) is 12.8. The summed E-state index contributed by atoms with van der Waals surface area (Å²) in [6, 6.07) is 0. The molecule has 0 atom stereocenters. The highest BCUT2D eigenvalue weighted by atomic mass is 28.4. The first-order valence-electron chi connectivity index (χ1n) is 6.26. The third kappa shape index (κ3) is 12.5. The molecule has 0 bridgehead atoms. The zero-order chi connectivity index (χ0) is 14.2. The van der Waals surface area contributed by atoms with Crippen LogP contribution in [0.15, 0.2) is 0 Å². The van der Waals surface area contributed by atoms with Crippen LogP contribution >= 0.6 is 0 Å². The van der Waals surface area contributed by atoms with E-state index in [1.165, 1.54) is 0 Å². The molecular weight excluding hydrogens is 280 g/mol. The average molecular weight is 309 g/mol. The quantitative estimate of drug-likeness (QED) is 0.483. The van der Waals surface area contributed by atoms with Gasteiger partial charge in [0.15, 0.2) is 0 Å². The Kier molecular flexibility index (Phi) is 8.28. The van der Waals surface area contributed by atoms with Crippen molar-refractivity contribution in [3.8, 4) is 0 Å². The van der Waals surface area contributed by atoms with E-state index in [2.05, 4.69) is 39.3 Å². The van der Waals surface area contributed by atoms with Gasteiger partial charge >= 0.3 is 0 Å². The lowest BCUT2D eigenvalue weighted by Crippen LogP contribution is -2.37. The van der Waals surface area contributed by atoms with Crippen molar-refractivity contribution >= 4 is 31.1 Å². The van der Waals surface area contributed by atoms with Crippen LogP contribution in [-0.2, 0) is 18.0 Å². The fraction of sp³-hybridized carbons (Fsp3) is 0.909. The number of rotatable bonds is 9.